The number of rotatable bonds is 9. The Kier molecular flexibility index (Phi) is 10.2. The Morgan fingerprint density at radius 1 is 1.15 bits per heavy atom. The molecule has 2 atom stereocenters. The number of esters is 1. The highest BCUT2D eigenvalue weighted by molar-refractivity contribution is 5.78. The Hall–Kier alpha value is -3.21. The van der Waals surface area contributed by atoms with Gasteiger partial charge in [0.05, 0.1) is 19.8 Å². The number of benzene rings is 1. The topological polar surface area (TPSA) is 122 Å². The van der Waals surface area contributed by atoms with Crippen molar-refractivity contribution < 1.29 is 42.8 Å². The van der Waals surface area contributed by atoms with E-state index in [9.17, 15) is 14.4 Å². The van der Waals surface area contributed by atoms with Gasteiger partial charge in [0, 0.05) is 13.5 Å². The zero-order valence-electron chi connectivity index (χ0n) is 20.3. The largest absolute Gasteiger partial charge is 0.490 e. The Labute approximate surface area is 199 Å². The van der Waals surface area contributed by atoms with Crippen LogP contribution in [0.5, 0.6) is 11.5 Å². The maximum Gasteiger partial charge on any atom is 0.413 e. The van der Waals surface area contributed by atoms with E-state index in [-0.39, 0.29) is 19.3 Å². The molecule has 0 spiro atoms. The van der Waals surface area contributed by atoms with E-state index < -0.39 is 36.6 Å². The molecule has 190 valence electrons. The predicted molar refractivity (Wildman–Crippen MR) is 121 cm³/mol. The van der Waals surface area contributed by atoms with Crippen LogP contribution >= 0.6 is 0 Å². The monoisotopic (exact) mass is 482 g/mol. The van der Waals surface area contributed by atoms with Gasteiger partial charge in [-0.1, -0.05) is 12.1 Å². The first-order valence-corrected chi connectivity index (χ1v) is 11.2. The summed E-state index contributed by atoms with van der Waals surface area (Å²) < 4.78 is 32.3. The van der Waals surface area contributed by atoms with Gasteiger partial charge >= 0.3 is 18.2 Å². The number of amides is 2. The lowest BCUT2D eigenvalue weighted by molar-refractivity contribution is -0.165. The molecule has 34 heavy (non-hydrogen) atoms. The fourth-order valence-corrected chi connectivity index (χ4v) is 2.94. The Bertz CT molecular complexity index is 825. The zero-order valence-corrected chi connectivity index (χ0v) is 20.3. The first-order valence-electron chi connectivity index (χ1n) is 11.2. The molecule has 1 aliphatic rings. The maximum atomic E-state index is 12.5. The van der Waals surface area contributed by atoms with E-state index in [0.717, 1.165) is 0 Å². The summed E-state index contributed by atoms with van der Waals surface area (Å²) in [5.41, 5.74) is -0.690. The van der Waals surface area contributed by atoms with Crippen molar-refractivity contribution in [1.29, 1.82) is 0 Å². The van der Waals surface area contributed by atoms with Crippen LogP contribution in [0.2, 0.25) is 0 Å². The summed E-state index contributed by atoms with van der Waals surface area (Å²) in [4.78, 5) is 37.4. The number of nitrogens with one attached hydrogen (secondary N) is 1. The van der Waals surface area contributed by atoms with Crippen LogP contribution in [0, 0.1) is 0 Å². The van der Waals surface area contributed by atoms with E-state index in [4.69, 9.17) is 28.4 Å². The number of nitrogens with zero attached hydrogens (tertiary/aromatic N) is 1. The molecule has 2 unspecified atom stereocenters. The van der Waals surface area contributed by atoms with Crippen molar-refractivity contribution in [2.45, 2.75) is 52.6 Å². The van der Waals surface area contributed by atoms with Crippen molar-refractivity contribution in [2.75, 3.05) is 39.5 Å². The minimum absolute atomic E-state index is 0.217. The average molecular weight is 483 g/mol. The molecule has 1 N–H and O–H groups in total. The van der Waals surface area contributed by atoms with Crippen LogP contribution in [0.25, 0.3) is 0 Å². The number of morpholine rings is 1. The highest BCUT2D eigenvalue weighted by Gasteiger charge is 2.28. The van der Waals surface area contributed by atoms with Gasteiger partial charge in [0.15, 0.2) is 11.5 Å². The van der Waals surface area contributed by atoms with Crippen LogP contribution in [-0.4, -0.2) is 80.5 Å². The van der Waals surface area contributed by atoms with Crippen molar-refractivity contribution in [3.05, 3.63) is 24.3 Å². The highest BCUT2D eigenvalue weighted by atomic mass is 16.7. The second-order valence-electron chi connectivity index (χ2n) is 8.43. The van der Waals surface area contributed by atoms with E-state index in [1.54, 1.807) is 26.8 Å². The number of ether oxygens (including phenoxy) is 6. The number of alkyl carbamates (subject to hydrolysis) is 1. The SMILES string of the molecule is CCOc1ccccc1OCC1CN(C(=O)OC(C)OC(=O)CNC(=O)OC(C)(C)C)CCO1. The molecule has 1 aromatic carbocycles. The number of carbonyl (C=O) groups is 3. The zero-order chi connectivity index (χ0) is 25.1. The fourth-order valence-electron chi connectivity index (χ4n) is 2.94. The average Bonchev–Trinajstić information content (AvgIpc) is 2.76. The van der Waals surface area contributed by atoms with E-state index in [0.29, 0.717) is 31.3 Å². The van der Waals surface area contributed by atoms with Crippen LogP contribution in [0.1, 0.15) is 34.6 Å². The Morgan fingerprint density at radius 3 is 2.47 bits per heavy atom. The Morgan fingerprint density at radius 2 is 1.82 bits per heavy atom. The minimum Gasteiger partial charge on any atom is -0.490 e. The molecule has 1 fully saturated rings. The summed E-state index contributed by atoms with van der Waals surface area (Å²) >= 11 is 0. The lowest BCUT2D eigenvalue weighted by Gasteiger charge is -2.32. The fraction of sp³-hybridized carbons (Fsp3) is 0.609. The molecule has 1 saturated heterocycles. The highest BCUT2D eigenvalue weighted by Crippen LogP contribution is 2.26. The van der Waals surface area contributed by atoms with Crippen molar-refractivity contribution in [3.8, 4) is 11.5 Å². The number of carbonyl (C=O) groups excluding carboxylic acids is 3. The summed E-state index contributed by atoms with van der Waals surface area (Å²) in [5, 5.41) is 2.28. The summed E-state index contributed by atoms with van der Waals surface area (Å²) in [6, 6.07) is 7.31. The van der Waals surface area contributed by atoms with Gasteiger partial charge < -0.3 is 38.6 Å². The minimum atomic E-state index is -1.14. The third-order valence-electron chi connectivity index (χ3n) is 4.31. The van der Waals surface area contributed by atoms with Crippen LogP contribution in [0.3, 0.4) is 0 Å². The summed E-state index contributed by atoms with van der Waals surface area (Å²) in [6.07, 6.45) is -2.91. The molecular weight excluding hydrogens is 448 g/mol. The van der Waals surface area contributed by atoms with E-state index in [2.05, 4.69) is 5.32 Å². The van der Waals surface area contributed by atoms with Crippen LogP contribution < -0.4 is 14.8 Å². The lowest BCUT2D eigenvalue weighted by Crippen LogP contribution is -2.48. The second kappa shape index (κ2) is 12.9. The summed E-state index contributed by atoms with van der Waals surface area (Å²) in [5.74, 6) is 0.453. The lowest BCUT2D eigenvalue weighted by atomic mass is 10.2. The molecule has 11 nitrogen and oxygen atoms in total. The van der Waals surface area contributed by atoms with Gasteiger partial charge in [-0.3, -0.25) is 4.79 Å². The van der Waals surface area contributed by atoms with Gasteiger partial charge in [-0.05, 0) is 39.8 Å². The number of hydrogen-bond acceptors (Lipinski definition) is 9. The van der Waals surface area contributed by atoms with Crippen LogP contribution in [0.4, 0.5) is 9.59 Å². The van der Waals surface area contributed by atoms with Gasteiger partial charge in [-0.25, -0.2) is 9.59 Å². The standard InChI is InChI=1S/C23H34N2O9/c1-6-29-18-9-7-8-10-19(18)31-15-17-14-25(11-12-30-17)22(28)33-16(2)32-20(26)13-24-21(27)34-23(3,4)5/h7-10,16-17H,6,11-15H2,1-5H3,(H,24,27). The van der Waals surface area contributed by atoms with Crippen molar-refractivity contribution >= 4 is 18.2 Å². The molecular formula is C23H34N2O9. The molecule has 0 aliphatic carbocycles. The molecule has 0 bridgehead atoms. The van der Waals surface area contributed by atoms with E-state index >= 15 is 0 Å². The maximum absolute atomic E-state index is 12.5. The predicted octanol–water partition coefficient (Wildman–Crippen LogP) is 2.72. The molecule has 1 aromatic rings. The molecule has 1 heterocycles. The quantitative estimate of drug-likeness (QED) is 0.418. The molecule has 0 aromatic heterocycles. The first kappa shape index (κ1) is 27.0. The van der Waals surface area contributed by atoms with Gasteiger partial charge in [-0.15, -0.1) is 0 Å². The van der Waals surface area contributed by atoms with E-state index in [1.165, 1.54) is 11.8 Å². The molecule has 0 saturated carbocycles. The third kappa shape index (κ3) is 9.74. The van der Waals surface area contributed by atoms with Gasteiger partial charge in [-0.2, -0.15) is 0 Å². The van der Waals surface area contributed by atoms with Gasteiger partial charge in [0.1, 0.15) is 24.9 Å². The molecule has 2 amide bonds. The molecule has 0 radical (unpaired) electrons. The molecule has 1 aliphatic heterocycles. The molecule has 11 heteroatoms. The van der Waals surface area contributed by atoms with Crippen molar-refractivity contribution in [1.82, 2.24) is 10.2 Å². The van der Waals surface area contributed by atoms with Crippen molar-refractivity contribution in [3.63, 3.8) is 0 Å². The normalized spacial score (nSPS) is 16.7. The van der Waals surface area contributed by atoms with E-state index in [1.807, 2.05) is 25.1 Å². The number of para-hydroxylation sites is 2. The van der Waals surface area contributed by atoms with Gasteiger partial charge in [0.2, 0.25) is 6.29 Å². The van der Waals surface area contributed by atoms with Crippen LogP contribution in [-0.2, 0) is 23.7 Å². The van der Waals surface area contributed by atoms with Crippen molar-refractivity contribution in [2.24, 2.45) is 0 Å². The second-order valence-corrected chi connectivity index (χ2v) is 8.43. The first-order chi connectivity index (χ1) is 16.1. The smallest absolute Gasteiger partial charge is 0.413 e. The Balaban J connectivity index is 1.75. The molecule has 2 rings (SSSR count). The summed E-state index contributed by atoms with van der Waals surface area (Å²) in [6.45, 7) is 9.60. The van der Waals surface area contributed by atoms with Gasteiger partial charge in [0.25, 0.3) is 0 Å². The third-order valence-corrected chi connectivity index (χ3v) is 4.31. The number of hydrogen-bond donors (Lipinski definition) is 1. The summed E-state index contributed by atoms with van der Waals surface area (Å²) in [7, 11) is 0. The van der Waals surface area contributed by atoms with Crippen LogP contribution in [0.15, 0.2) is 24.3 Å².